The number of hydrogen-bond acceptors (Lipinski definition) is 5. The number of guanidine groups is 1. The molecule has 8 heteroatoms. The van der Waals surface area contributed by atoms with Crippen LogP contribution in [0.15, 0.2) is 29.4 Å². The van der Waals surface area contributed by atoms with Crippen molar-refractivity contribution in [2.75, 3.05) is 34.0 Å². The molecule has 1 aliphatic rings. The lowest BCUT2D eigenvalue weighted by Gasteiger charge is -2.22. The number of aromatic nitrogens is 2. The summed E-state index contributed by atoms with van der Waals surface area (Å²) >= 11 is 0. The van der Waals surface area contributed by atoms with Crippen LogP contribution in [0.2, 0.25) is 0 Å². The van der Waals surface area contributed by atoms with Gasteiger partial charge in [0, 0.05) is 45.5 Å². The first-order chi connectivity index (χ1) is 13.5. The Labute approximate surface area is 166 Å². The Kier molecular flexibility index (Phi) is 6.28. The summed E-state index contributed by atoms with van der Waals surface area (Å²) in [5.74, 6) is 3.43. The average molecular weight is 387 g/mol. The largest absolute Gasteiger partial charge is 0.492 e. The van der Waals surface area contributed by atoms with Gasteiger partial charge in [-0.15, -0.1) is 0 Å². The van der Waals surface area contributed by atoms with Crippen LogP contribution in [0.25, 0.3) is 0 Å². The van der Waals surface area contributed by atoms with E-state index >= 15 is 0 Å². The monoisotopic (exact) mass is 387 g/mol. The number of rotatable bonds is 7. The fraction of sp³-hybridized carbons (Fsp3) is 0.500. The molecule has 1 aromatic carbocycles. The Morgan fingerprint density at radius 1 is 1.36 bits per heavy atom. The smallest absolute Gasteiger partial charge is 0.231 e. The molecule has 2 heterocycles. The zero-order valence-corrected chi connectivity index (χ0v) is 17.2. The quantitative estimate of drug-likeness (QED) is 0.447. The van der Waals surface area contributed by atoms with Gasteiger partial charge in [-0.3, -0.25) is 9.67 Å². The van der Waals surface area contributed by atoms with Crippen molar-refractivity contribution in [3.8, 4) is 17.2 Å². The molecule has 3 rings (SSSR count). The van der Waals surface area contributed by atoms with Crippen LogP contribution in [0.1, 0.15) is 31.0 Å². The van der Waals surface area contributed by atoms with Crippen LogP contribution in [0.4, 0.5) is 0 Å². The topological polar surface area (TPSA) is 73.1 Å². The molecule has 2 aromatic rings. The van der Waals surface area contributed by atoms with Crippen LogP contribution in [0.5, 0.6) is 17.2 Å². The number of aryl methyl sites for hydroxylation is 1. The average Bonchev–Trinajstić information content (AvgIpc) is 3.27. The molecule has 0 spiro atoms. The van der Waals surface area contributed by atoms with Crippen LogP contribution in [0.3, 0.4) is 0 Å². The molecule has 0 unspecified atom stereocenters. The van der Waals surface area contributed by atoms with E-state index in [1.54, 1.807) is 7.05 Å². The summed E-state index contributed by atoms with van der Waals surface area (Å²) in [4.78, 5) is 6.46. The number of aliphatic imine (C=N–C) groups is 1. The number of fused-ring (bicyclic) bond motifs is 1. The van der Waals surface area contributed by atoms with Crippen LogP contribution >= 0.6 is 0 Å². The Hall–Kier alpha value is -2.90. The fourth-order valence-corrected chi connectivity index (χ4v) is 3.18. The molecule has 152 valence electrons. The molecular formula is C20H29N5O3. The summed E-state index contributed by atoms with van der Waals surface area (Å²) in [5, 5.41) is 7.91. The van der Waals surface area contributed by atoms with E-state index in [9.17, 15) is 0 Å². The van der Waals surface area contributed by atoms with E-state index in [1.165, 1.54) is 5.56 Å². The number of hydrogen-bond donors (Lipinski definition) is 1. The van der Waals surface area contributed by atoms with Crippen molar-refractivity contribution in [3.05, 3.63) is 35.7 Å². The molecule has 8 nitrogen and oxygen atoms in total. The maximum Gasteiger partial charge on any atom is 0.231 e. The van der Waals surface area contributed by atoms with Crippen molar-refractivity contribution in [2.45, 2.75) is 26.3 Å². The third kappa shape index (κ3) is 4.68. The third-order valence-electron chi connectivity index (χ3n) is 4.46. The van der Waals surface area contributed by atoms with Crippen LogP contribution in [0, 0.1) is 0 Å². The molecule has 0 atom stereocenters. The van der Waals surface area contributed by atoms with Crippen molar-refractivity contribution in [2.24, 2.45) is 12.0 Å². The lowest BCUT2D eigenvalue weighted by atomic mass is 10.1. The standard InChI is InChI=1S/C20H29N5O3/c1-14(2)19-15(12-25(5)23-19)11-24(4)20(21-3)22-8-9-26-16-6-7-17-18(10-16)28-13-27-17/h6-7,10,12,14H,8-9,11,13H2,1-5H3,(H,21,22). The Balaban J connectivity index is 1.49. The zero-order chi connectivity index (χ0) is 20.1. The minimum atomic E-state index is 0.262. The van der Waals surface area contributed by atoms with E-state index in [4.69, 9.17) is 14.2 Å². The summed E-state index contributed by atoms with van der Waals surface area (Å²) in [5.41, 5.74) is 2.33. The minimum Gasteiger partial charge on any atom is -0.492 e. The first-order valence-corrected chi connectivity index (χ1v) is 9.44. The third-order valence-corrected chi connectivity index (χ3v) is 4.46. The highest BCUT2D eigenvalue weighted by molar-refractivity contribution is 5.79. The van der Waals surface area contributed by atoms with Crippen molar-refractivity contribution in [1.82, 2.24) is 20.0 Å². The van der Waals surface area contributed by atoms with Gasteiger partial charge in [0.05, 0.1) is 12.2 Å². The SMILES string of the molecule is CN=C(NCCOc1ccc2c(c1)OCO2)N(C)Cc1cn(C)nc1C(C)C. The number of ether oxygens (including phenoxy) is 3. The van der Waals surface area contributed by atoms with E-state index in [0.29, 0.717) is 19.1 Å². The van der Waals surface area contributed by atoms with E-state index in [0.717, 1.165) is 35.4 Å². The van der Waals surface area contributed by atoms with E-state index < -0.39 is 0 Å². The summed E-state index contributed by atoms with van der Waals surface area (Å²) in [6.45, 7) is 6.47. The second kappa shape index (κ2) is 8.86. The van der Waals surface area contributed by atoms with Gasteiger partial charge in [-0.1, -0.05) is 13.8 Å². The Morgan fingerprint density at radius 3 is 2.89 bits per heavy atom. The lowest BCUT2D eigenvalue weighted by Crippen LogP contribution is -2.40. The van der Waals surface area contributed by atoms with Crippen LogP contribution in [-0.4, -0.2) is 54.7 Å². The first-order valence-electron chi connectivity index (χ1n) is 9.44. The molecule has 28 heavy (non-hydrogen) atoms. The first kappa shape index (κ1) is 19.9. The predicted octanol–water partition coefficient (Wildman–Crippen LogP) is 2.36. The maximum absolute atomic E-state index is 5.79. The molecule has 0 amide bonds. The van der Waals surface area contributed by atoms with Crippen molar-refractivity contribution in [1.29, 1.82) is 0 Å². The molecule has 1 aliphatic heterocycles. The van der Waals surface area contributed by atoms with Gasteiger partial charge in [-0.05, 0) is 18.1 Å². The lowest BCUT2D eigenvalue weighted by molar-refractivity contribution is 0.173. The molecular weight excluding hydrogens is 358 g/mol. The maximum atomic E-state index is 5.79. The minimum absolute atomic E-state index is 0.262. The predicted molar refractivity (Wildman–Crippen MR) is 108 cm³/mol. The van der Waals surface area contributed by atoms with Gasteiger partial charge < -0.3 is 24.4 Å². The normalized spacial score (nSPS) is 13.1. The number of nitrogens with zero attached hydrogens (tertiary/aromatic N) is 4. The van der Waals surface area contributed by atoms with Crippen LogP contribution < -0.4 is 19.5 Å². The van der Waals surface area contributed by atoms with Gasteiger partial charge in [-0.2, -0.15) is 5.10 Å². The Morgan fingerprint density at radius 2 is 2.14 bits per heavy atom. The molecule has 1 aromatic heterocycles. The second-order valence-corrected chi connectivity index (χ2v) is 7.06. The fourth-order valence-electron chi connectivity index (χ4n) is 3.18. The van der Waals surface area contributed by atoms with Crippen LogP contribution in [-0.2, 0) is 13.6 Å². The van der Waals surface area contributed by atoms with E-state index in [-0.39, 0.29) is 6.79 Å². The van der Waals surface area contributed by atoms with Gasteiger partial charge in [0.15, 0.2) is 17.5 Å². The number of benzene rings is 1. The molecule has 0 saturated carbocycles. The van der Waals surface area contributed by atoms with E-state index in [1.807, 2.05) is 37.0 Å². The molecule has 0 aliphatic carbocycles. The molecule has 0 bridgehead atoms. The Bertz CT molecular complexity index is 831. The zero-order valence-electron chi connectivity index (χ0n) is 17.2. The van der Waals surface area contributed by atoms with Crippen molar-refractivity contribution < 1.29 is 14.2 Å². The highest BCUT2D eigenvalue weighted by atomic mass is 16.7. The second-order valence-electron chi connectivity index (χ2n) is 7.06. The molecule has 1 N–H and O–H groups in total. The summed E-state index contributed by atoms with van der Waals surface area (Å²) in [7, 11) is 5.76. The van der Waals surface area contributed by atoms with Crippen molar-refractivity contribution >= 4 is 5.96 Å². The van der Waals surface area contributed by atoms with Gasteiger partial charge >= 0.3 is 0 Å². The number of nitrogens with one attached hydrogen (secondary N) is 1. The van der Waals surface area contributed by atoms with Crippen molar-refractivity contribution in [3.63, 3.8) is 0 Å². The highest BCUT2D eigenvalue weighted by Crippen LogP contribution is 2.34. The van der Waals surface area contributed by atoms with Gasteiger partial charge in [0.25, 0.3) is 0 Å². The highest BCUT2D eigenvalue weighted by Gasteiger charge is 2.16. The summed E-state index contributed by atoms with van der Waals surface area (Å²) in [6.07, 6.45) is 2.07. The summed E-state index contributed by atoms with van der Waals surface area (Å²) in [6, 6.07) is 5.58. The summed E-state index contributed by atoms with van der Waals surface area (Å²) < 4.78 is 18.3. The van der Waals surface area contributed by atoms with Gasteiger partial charge in [-0.25, -0.2) is 0 Å². The van der Waals surface area contributed by atoms with Gasteiger partial charge in [0.2, 0.25) is 6.79 Å². The van der Waals surface area contributed by atoms with Gasteiger partial charge in [0.1, 0.15) is 12.4 Å². The molecule has 0 radical (unpaired) electrons. The van der Waals surface area contributed by atoms with E-state index in [2.05, 4.69) is 40.4 Å². The molecule has 0 saturated heterocycles. The molecule has 0 fully saturated rings.